The average molecular weight is 411 g/mol. The first-order valence-corrected chi connectivity index (χ1v) is 9.44. The van der Waals surface area contributed by atoms with Gasteiger partial charge >= 0.3 is 0 Å². The van der Waals surface area contributed by atoms with Crippen molar-refractivity contribution in [1.29, 1.82) is 0 Å². The number of aryl methyl sites for hydroxylation is 1. The van der Waals surface area contributed by atoms with Crippen LogP contribution in [0.15, 0.2) is 51.9 Å². The van der Waals surface area contributed by atoms with E-state index in [4.69, 9.17) is 0 Å². The molecule has 0 saturated heterocycles. The molecule has 0 saturated carbocycles. The summed E-state index contributed by atoms with van der Waals surface area (Å²) in [6.45, 7) is 4.52. The van der Waals surface area contributed by atoms with Crippen LogP contribution in [0.5, 0.6) is 0 Å². The number of halogens is 1. The molecule has 1 aliphatic heterocycles. The maximum absolute atomic E-state index is 12.9. The lowest BCUT2D eigenvalue weighted by atomic mass is 10.1. The van der Waals surface area contributed by atoms with Gasteiger partial charge in [-0.1, -0.05) is 45.8 Å². The van der Waals surface area contributed by atoms with Crippen LogP contribution in [0.25, 0.3) is 10.9 Å². The molecule has 1 aromatic heterocycles. The highest BCUT2D eigenvalue weighted by molar-refractivity contribution is 9.10. The molecule has 2 aromatic carbocycles. The third-order valence-electron chi connectivity index (χ3n) is 4.98. The summed E-state index contributed by atoms with van der Waals surface area (Å²) in [4.78, 5) is 25.6. The summed E-state index contributed by atoms with van der Waals surface area (Å²) in [5.41, 5.74) is 4.25. The fourth-order valence-corrected chi connectivity index (χ4v) is 4.11. The molecule has 1 aliphatic rings. The van der Waals surface area contributed by atoms with Crippen LogP contribution in [-0.2, 0) is 13.0 Å². The lowest BCUT2D eigenvalue weighted by molar-refractivity contribution is 0.0949. The molecule has 0 radical (unpaired) electrons. The zero-order valence-electron chi connectivity index (χ0n) is 14.7. The van der Waals surface area contributed by atoms with Crippen molar-refractivity contribution in [3.8, 4) is 0 Å². The summed E-state index contributed by atoms with van der Waals surface area (Å²) in [7, 11) is 0. The lowest BCUT2D eigenvalue weighted by Gasteiger charge is -2.13. The summed E-state index contributed by atoms with van der Waals surface area (Å²) >= 11 is 3.48. The lowest BCUT2D eigenvalue weighted by Crippen LogP contribution is -2.29. The van der Waals surface area contributed by atoms with Gasteiger partial charge in [0.05, 0.1) is 5.52 Å². The number of pyridine rings is 1. The number of nitrogens with zero attached hydrogens (tertiary/aromatic N) is 1. The van der Waals surface area contributed by atoms with Crippen molar-refractivity contribution in [2.45, 2.75) is 32.9 Å². The highest BCUT2D eigenvalue weighted by Gasteiger charge is 2.25. The number of nitrogens with one attached hydrogen (secondary N) is 1. The molecular weight excluding hydrogens is 392 g/mol. The first kappa shape index (κ1) is 17.0. The molecule has 0 spiro atoms. The Hall–Kier alpha value is -2.40. The number of carbonyl (C=O) groups excluding carboxylic acids is 1. The fraction of sp³-hybridized carbons (Fsp3) is 0.238. The molecule has 26 heavy (non-hydrogen) atoms. The number of carbonyl (C=O) groups is 1. The van der Waals surface area contributed by atoms with Gasteiger partial charge in [-0.05, 0) is 43.5 Å². The van der Waals surface area contributed by atoms with E-state index in [1.54, 1.807) is 6.20 Å². The molecule has 2 heterocycles. The van der Waals surface area contributed by atoms with Crippen molar-refractivity contribution in [3.63, 3.8) is 0 Å². The van der Waals surface area contributed by atoms with Crippen molar-refractivity contribution < 1.29 is 4.79 Å². The minimum Gasteiger partial charge on any atom is -0.348 e. The van der Waals surface area contributed by atoms with Crippen LogP contribution in [0.3, 0.4) is 0 Å². The van der Waals surface area contributed by atoms with Gasteiger partial charge in [0.1, 0.15) is 5.56 Å². The molecule has 1 amide bonds. The molecule has 3 aromatic rings. The Morgan fingerprint density at radius 1 is 1.27 bits per heavy atom. The number of rotatable bonds is 3. The second-order valence-electron chi connectivity index (χ2n) is 6.96. The third-order valence-corrected chi connectivity index (χ3v) is 5.44. The first-order chi connectivity index (χ1) is 12.4. The van der Waals surface area contributed by atoms with Crippen LogP contribution in [0, 0.1) is 6.92 Å². The number of hydrogen-bond donors (Lipinski definition) is 1. The van der Waals surface area contributed by atoms with Crippen LogP contribution >= 0.6 is 15.9 Å². The van der Waals surface area contributed by atoms with Gasteiger partial charge in [-0.25, -0.2) is 0 Å². The highest BCUT2D eigenvalue weighted by atomic mass is 79.9. The number of amides is 1. The summed E-state index contributed by atoms with van der Waals surface area (Å²) in [6.07, 6.45) is 2.58. The minimum atomic E-state index is -0.332. The third kappa shape index (κ3) is 2.86. The zero-order chi connectivity index (χ0) is 18.4. The van der Waals surface area contributed by atoms with Crippen molar-refractivity contribution in [2.75, 3.05) is 0 Å². The largest absolute Gasteiger partial charge is 0.348 e. The number of aromatic nitrogens is 1. The first-order valence-electron chi connectivity index (χ1n) is 8.65. The Balaban J connectivity index is 1.71. The van der Waals surface area contributed by atoms with Crippen molar-refractivity contribution in [1.82, 2.24) is 9.88 Å². The normalized spacial score (nSPS) is 15.4. The SMILES string of the molecule is Cc1ccc(CNC(=O)c2cn3c4c(cc(Br)cc4c2=O)CC3C)cc1. The molecule has 5 heteroatoms. The summed E-state index contributed by atoms with van der Waals surface area (Å²) in [5.74, 6) is -0.332. The molecule has 4 rings (SSSR count). The predicted octanol–water partition coefficient (Wildman–Crippen LogP) is 4.12. The predicted molar refractivity (Wildman–Crippen MR) is 107 cm³/mol. The minimum absolute atomic E-state index is 0.197. The van der Waals surface area contributed by atoms with E-state index >= 15 is 0 Å². The molecule has 0 aliphatic carbocycles. The van der Waals surface area contributed by atoms with E-state index in [9.17, 15) is 9.59 Å². The molecule has 0 bridgehead atoms. The topological polar surface area (TPSA) is 51.1 Å². The van der Waals surface area contributed by atoms with Gasteiger partial charge in [-0.2, -0.15) is 0 Å². The van der Waals surface area contributed by atoms with E-state index < -0.39 is 0 Å². The average Bonchev–Trinajstić information content (AvgIpc) is 2.92. The van der Waals surface area contributed by atoms with Gasteiger partial charge < -0.3 is 9.88 Å². The van der Waals surface area contributed by atoms with Crippen LogP contribution in [0.2, 0.25) is 0 Å². The molecule has 1 N–H and O–H groups in total. The Morgan fingerprint density at radius 2 is 2.00 bits per heavy atom. The molecule has 132 valence electrons. The second kappa shape index (κ2) is 6.40. The summed E-state index contributed by atoms with van der Waals surface area (Å²) in [6, 6.07) is 12.1. The van der Waals surface area contributed by atoms with E-state index in [0.717, 1.165) is 27.5 Å². The van der Waals surface area contributed by atoms with E-state index in [1.165, 1.54) is 5.56 Å². The molecular formula is C21H19BrN2O2. The van der Waals surface area contributed by atoms with Crippen LogP contribution in [0.4, 0.5) is 0 Å². The zero-order valence-corrected chi connectivity index (χ0v) is 16.3. The Bertz CT molecular complexity index is 1080. The van der Waals surface area contributed by atoms with Crippen LogP contribution < -0.4 is 10.7 Å². The maximum atomic E-state index is 12.9. The highest BCUT2D eigenvalue weighted by Crippen LogP contribution is 2.33. The van der Waals surface area contributed by atoms with E-state index in [2.05, 4.69) is 38.8 Å². The Labute approximate surface area is 160 Å². The van der Waals surface area contributed by atoms with E-state index in [1.807, 2.05) is 37.3 Å². The fourth-order valence-electron chi connectivity index (χ4n) is 3.61. The number of benzene rings is 2. The van der Waals surface area contributed by atoms with Gasteiger partial charge in [0.15, 0.2) is 0 Å². The smallest absolute Gasteiger partial charge is 0.257 e. The van der Waals surface area contributed by atoms with Gasteiger partial charge in [0.25, 0.3) is 5.91 Å². The van der Waals surface area contributed by atoms with Crippen molar-refractivity contribution >= 4 is 32.7 Å². The van der Waals surface area contributed by atoms with Gasteiger partial charge in [0.2, 0.25) is 5.43 Å². The number of hydrogen-bond acceptors (Lipinski definition) is 2. The standard InChI is InChI=1S/C21H19BrN2O2/c1-12-3-5-14(6-4-12)10-23-21(26)18-11-24-13(2)7-15-8-16(22)9-17(19(15)24)20(18)25/h3-6,8-9,11,13H,7,10H2,1-2H3,(H,23,26). The summed E-state index contributed by atoms with van der Waals surface area (Å²) < 4.78 is 2.93. The van der Waals surface area contributed by atoms with Crippen LogP contribution in [0.1, 0.15) is 40.0 Å². The Morgan fingerprint density at radius 3 is 2.73 bits per heavy atom. The second-order valence-corrected chi connectivity index (χ2v) is 7.88. The molecule has 1 unspecified atom stereocenters. The summed E-state index contributed by atoms with van der Waals surface area (Å²) in [5, 5.41) is 3.47. The van der Waals surface area contributed by atoms with Crippen molar-refractivity contribution in [2.24, 2.45) is 0 Å². The van der Waals surface area contributed by atoms with E-state index in [-0.39, 0.29) is 22.9 Å². The van der Waals surface area contributed by atoms with Crippen LogP contribution in [-0.4, -0.2) is 10.5 Å². The molecule has 0 fully saturated rings. The maximum Gasteiger partial charge on any atom is 0.257 e. The van der Waals surface area contributed by atoms with Gasteiger partial charge in [-0.15, -0.1) is 0 Å². The van der Waals surface area contributed by atoms with Gasteiger partial charge in [0, 0.05) is 28.6 Å². The molecule has 4 nitrogen and oxygen atoms in total. The Kier molecular flexibility index (Phi) is 4.19. The monoisotopic (exact) mass is 410 g/mol. The van der Waals surface area contributed by atoms with Gasteiger partial charge in [-0.3, -0.25) is 9.59 Å². The quantitative estimate of drug-likeness (QED) is 0.705. The van der Waals surface area contributed by atoms with E-state index in [0.29, 0.717) is 11.9 Å². The molecule has 1 atom stereocenters. The van der Waals surface area contributed by atoms with Crippen molar-refractivity contribution in [3.05, 3.63) is 79.5 Å².